The van der Waals surface area contributed by atoms with Gasteiger partial charge in [-0.1, -0.05) is 68.3 Å². The van der Waals surface area contributed by atoms with Gasteiger partial charge in [-0.15, -0.1) is 0 Å². The first-order valence-corrected chi connectivity index (χ1v) is 12.1. The van der Waals surface area contributed by atoms with Crippen molar-refractivity contribution in [1.29, 1.82) is 0 Å². The second-order valence-corrected chi connectivity index (χ2v) is 9.17. The van der Waals surface area contributed by atoms with Crippen molar-refractivity contribution in [2.45, 2.75) is 32.1 Å². The van der Waals surface area contributed by atoms with E-state index >= 15 is 0 Å². The van der Waals surface area contributed by atoms with Gasteiger partial charge in [0, 0.05) is 21.3 Å². The Hall–Kier alpha value is -1.75. The highest BCUT2D eigenvalue weighted by atomic mass is 79.9. The zero-order chi connectivity index (χ0) is 21.0. The van der Waals surface area contributed by atoms with Gasteiger partial charge in [-0.05, 0) is 97.8 Å². The van der Waals surface area contributed by atoms with E-state index in [1.807, 2.05) is 18.5 Å². The number of aryl methyl sites for hydroxylation is 1. The van der Waals surface area contributed by atoms with Crippen LogP contribution in [0.5, 0.6) is 0 Å². The standard InChI is InChI=1S/C26H28Br2N2/c27-24-13-9-22(10-14-24)26(23-11-15-25(28)16-12-23)8-2-4-18-29-17-3-1-6-21-7-5-19-30-20-21/h5,7-16,19-20,29H,1-4,6,17-18H2. The Morgan fingerprint density at radius 2 is 1.43 bits per heavy atom. The van der Waals surface area contributed by atoms with Crippen LogP contribution in [0.15, 0.2) is 88.1 Å². The molecule has 0 bridgehead atoms. The molecule has 0 saturated carbocycles. The molecule has 1 heterocycles. The molecule has 3 aromatic rings. The van der Waals surface area contributed by atoms with Crippen LogP contribution in [0.25, 0.3) is 5.57 Å². The molecule has 0 aliphatic rings. The fourth-order valence-electron chi connectivity index (χ4n) is 3.38. The molecule has 0 saturated heterocycles. The lowest BCUT2D eigenvalue weighted by atomic mass is 9.96. The summed E-state index contributed by atoms with van der Waals surface area (Å²) in [7, 11) is 0. The van der Waals surface area contributed by atoms with Gasteiger partial charge in [-0.25, -0.2) is 0 Å². The van der Waals surface area contributed by atoms with Crippen LogP contribution in [0, 0.1) is 0 Å². The molecule has 0 fully saturated rings. The lowest BCUT2D eigenvalue weighted by Gasteiger charge is -2.10. The Kier molecular flexibility index (Phi) is 9.81. The number of benzene rings is 2. The number of hydrogen-bond donors (Lipinski definition) is 1. The van der Waals surface area contributed by atoms with Crippen molar-refractivity contribution in [3.05, 3.63) is 105 Å². The molecule has 30 heavy (non-hydrogen) atoms. The van der Waals surface area contributed by atoms with Crippen LogP contribution in [-0.4, -0.2) is 18.1 Å². The van der Waals surface area contributed by atoms with E-state index in [1.165, 1.54) is 35.1 Å². The van der Waals surface area contributed by atoms with Gasteiger partial charge in [0.15, 0.2) is 0 Å². The highest BCUT2D eigenvalue weighted by Crippen LogP contribution is 2.27. The maximum atomic E-state index is 4.17. The van der Waals surface area contributed by atoms with Crippen LogP contribution in [0.1, 0.15) is 42.4 Å². The van der Waals surface area contributed by atoms with Crippen LogP contribution in [0.4, 0.5) is 0 Å². The molecule has 1 aromatic heterocycles. The van der Waals surface area contributed by atoms with E-state index in [0.717, 1.165) is 41.3 Å². The summed E-state index contributed by atoms with van der Waals surface area (Å²) in [5, 5.41) is 3.58. The molecule has 2 nitrogen and oxygen atoms in total. The Morgan fingerprint density at radius 1 is 0.800 bits per heavy atom. The molecule has 1 N–H and O–H groups in total. The second kappa shape index (κ2) is 12.8. The summed E-state index contributed by atoms with van der Waals surface area (Å²) >= 11 is 7.07. The fraction of sp³-hybridized carbons (Fsp3) is 0.269. The summed E-state index contributed by atoms with van der Waals surface area (Å²) in [5.74, 6) is 0. The Balaban J connectivity index is 1.44. The average molecular weight is 528 g/mol. The topological polar surface area (TPSA) is 24.9 Å². The number of pyridine rings is 1. The van der Waals surface area contributed by atoms with E-state index in [1.54, 1.807) is 0 Å². The molecular formula is C26H28Br2N2. The van der Waals surface area contributed by atoms with Crippen molar-refractivity contribution in [2.24, 2.45) is 0 Å². The van der Waals surface area contributed by atoms with Crippen molar-refractivity contribution in [3.63, 3.8) is 0 Å². The molecule has 0 aliphatic heterocycles. The summed E-state index contributed by atoms with van der Waals surface area (Å²) < 4.78 is 2.21. The molecule has 0 radical (unpaired) electrons. The monoisotopic (exact) mass is 526 g/mol. The fourth-order valence-corrected chi connectivity index (χ4v) is 3.91. The van der Waals surface area contributed by atoms with Crippen LogP contribution in [0.3, 0.4) is 0 Å². The minimum absolute atomic E-state index is 1.05. The van der Waals surface area contributed by atoms with Crippen molar-refractivity contribution in [1.82, 2.24) is 10.3 Å². The Labute approximate surface area is 197 Å². The number of allylic oxidation sites excluding steroid dienone is 1. The third kappa shape index (κ3) is 7.82. The van der Waals surface area contributed by atoms with Crippen LogP contribution < -0.4 is 5.32 Å². The Bertz CT molecular complexity index is 857. The quantitative estimate of drug-likeness (QED) is 0.262. The van der Waals surface area contributed by atoms with Gasteiger partial charge in [0.25, 0.3) is 0 Å². The summed E-state index contributed by atoms with van der Waals surface area (Å²) in [5.41, 5.74) is 5.13. The third-order valence-electron chi connectivity index (χ3n) is 5.01. The third-order valence-corrected chi connectivity index (χ3v) is 6.07. The maximum Gasteiger partial charge on any atom is 0.0299 e. The zero-order valence-electron chi connectivity index (χ0n) is 17.2. The van der Waals surface area contributed by atoms with Gasteiger partial charge in [0.1, 0.15) is 0 Å². The van der Waals surface area contributed by atoms with Crippen molar-refractivity contribution in [2.75, 3.05) is 13.1 Å². The summed E-state index contributed by atoms with van der Waals surface area (Å²) in [6.45, 7) is 2.13. The van der Waals surface area contributed by atoms with E-state index in [2.05, 4.69) is 103 Å². The normalized spacial score (nSPS) is 10.7. The van der Waals surface area contributed by atoms with Crippen LogP contribution >= 0.6 is 31.9 Å². The zero-order valence-corrected chi connectivity index (χ0v) is 20.3. The van der Waals surface area contributed by atoms with Crippen molar-refractivity contribution >= 4 is 37.4 Å². The summed E-state index contributed by atoms with van der Waals surface area (Å²) in [6.07, 6.45) is 11.9. The van der Waals surface area contributed by atoms with E-state index in [4.69, 9.17) is 0 Å². The molecule has 0 aliphatic carbocycles. The van der Waals surface area contributed by atoms with Crippen molar-refractivity contribution in [3.8, 4) is 0 Å². The minimum Gasteiger partial charge on any atom is -0.317 e. The maximum absolute atomic E-state index is 4.17. The predicted molar refractivity (Wildman–Crippen MR) is 135 cm³/mol. The van der Waals surface area contributed by atoms with Crippen LogP contribution in [-0.2, 0) is 6.42 Å². The molecule has 0 amide bonds. The summed E-state index contributed by atoms with van der Waals surface area (Å²) in [4.78, 5) is 4.17. The average Bonchev–Trinajstić information content (AvgIpc) is 2.78. The molecule has 2 aromatic carbocycles. The lowest BCUT2D eigenvalue weighted by Crippen LogP contribution is -2.16. The SMILES string of the molecule is Brc1ccc(C(=CCCCNCCCCc2cccnc2)c2ccc(Br)cc2)cc1. The number of aromatic nitrogens is 1. The highest BCUT2D eigenvalue weighted by Gasteiger charge is 2.05. The molecule has 4 heteroatoms. The number of halogens is 2. The molecule has 0 unspecified atom stereocenters. The van der Waals surface area contributed by atoms with Gasteiger partial charge in [0.2, 0.25) is 0 Å². The molecule has 0 spiro atoms. The Morgan fingerprint density at radius 3 is 2.03 bits per heavy atom. The smallest absolute Gasteiger partial charge is 0.0299 e. The molecule has 0 atom stereocenters. The number of rotatable bonds is 11. The first-order chi connectivity index (χ1) is 14.7. The van der Waals surface area contributed by atoms with Gasteiger partial charge in [-0.3, -0.25) is 4.98 Å². The lowest BCUT2D eigenvalue weighted by molar-refractivity contribution is 0.606. The van der Waals surface area contributed by atoms with Gasteiger partial charge < -0.3 is 5.32 Å². The minimum atomic E-state index is 1.05. The molecule has 3 rings (SSSR count). The van der Waals surface area contributed by atoms with Gasteiger partial charge in [-0.2, -0.15) is 0 Å². The van der Waals surface area contributed by atoms with E-state index in [-0.39, 0.29) is 0 Å². The number of nitrogens with zero attached hydrogens (tertiary/aromatic N) is 1. The van der Waals surface area contributed by atoms with E-state index < -0.39 is 0 Å². The highest BCUT2D eigenvalue weighted by molar-refractivity contribution is 9.10. The van der Waals surface area contributed by atoms with E-state index in [0.29, 0.717) is 0 Å². The van der Waals surface area contributed by atoms with Crippen LogP contribution in [0.2, 0.25) is 0 Å². The molecule has 156 valence electrons. The number of unbranched alkanes of at least 4 members (excludes halogenated alkanes) is 2. The number of nitrogens with one attached hydrogen (secondary N) is 1. The second-order valence-electron chi connectivity index (χ2n) is 7.34. The molecular weight excluding hydrogens is 500 g/mol. The largest absolute Gasteiger partial charge is 0.317 e. The summed E-state index contributed by atoms with van der Waals surface area (Å²) in [6, 6.07) is 21.3. The van der Waals surface area contributed by atoms with Crippen molar-refractivity contribution < 1.29 is 0 Å². The van der Waals surface area contributed by atoms with E-state index in [9.17, 15) is 0 Å². The van der Waals surface area contributed by atoms with Gasteiger partial charge >= 0.3 is 0 Å². The predicted octanol–water partition coefficient (Wildman–Crippen LogP) is 7.43. The first kappa shape index (κ1) is 22.9. The van der Waals surface area contributed by atoms with Gasteiger partial charge in [0.05, 0.1) is 0 Å². The number of hydrogen-bond acceptors (Lipinski definition) is 2. The first-order valence-electron chi connectivity index (χ1n) is 10.5.